The predicted molar refractivity (Wildman–Crippen MR) is 49.8 cm³/mol. The summed E-state index contributed by atoms with van der Waals surface area (Å²) in [5, 5.41) is 0.870. The molecule has 0 saturated carbocycles. The Morgan fingerprint density at radius 1 is 1.36 bits per heavy atom. The minimum atomic E-state index is -2.26. The molecular formula is C9H11OP. The van der Waals surface area contributed by atoms with Crippen molar-refractivity contribution in [3.8, 4) is 0 Å². The highest BCUT2D eigenvalue weighted by Crippen LogP contribution is 2.40. The third-order valence-electron chi connectivity index (χ3n) is 1.62. The third-order valence-corrected chi connectivity index (χ3v) is 3.64. The summed E-state index contributed by atoms with van der Waals surface area (Å²) in [5.41, 5.74) is 0. The molecule has 0 fully saturated rings. The molecule has 1 nitrogen and oxygen atoms in total. The lowest BCUT2D eigenvalue weighted by Gasteiger charge is -2.05. The first-order valence-corrected chi connectivity index (χ1v) is 5.65. The molecule has 0 saturated heterocycles. The van der Waals surface area contributed by atoms with Crippen LogP contribution < -0.4 is 5.30 Å². The van der Waals surface area contributed by atoms with Crippen molar-refractivity contribution in [3.63, 3.8) is 0 Å². The lowest BCUT2D eigenvalue weighted by molar-refractivity contribution is 0.590. The minimum Gasteiger partial charge on any atom is -0.315 e. The molecule has 1 aromatic rings. The molecule has 1 aromatic carbocycles. The second-order valence-electron chi connectivity index (χ2n) is 2.51. The van der Waals surface area contributed by atoms with Crippen LogP contribution in [0.5, 0.6) is 0 Å². The molecule has 0 amide bonds. The smallest absolute Gasteiger partial charge is 0.132 e. The third kappa shape index (κ3) is 1.81. The number of benzene rings is 1. The summed E-state index contributed by atoms with van der Waals surface area (Å²) < 4.78 is 11.7. The van der Waals surface area contributed by atoms with Gasteiger partial charge in [-0.2, -0.15) is 0 Å². The summed E-state index contributed by atoms with van der Waals surface area (Å²) in [6, 6.07) is 9.40. The van der Waals surface area contributed by atoms with Crippen LogP contribution >= 0.6 is 7.14 Å². The molecule has 0 radical (unpaired) electrons. The van der Waals surface area contributed by atoms with Crippen LogP contribution in [0.25, 0.3) is 0 Å². The van der Waals surface area contributed by atoms with Gasteiger partial charge in [0.15, 0.2) is 0 Å². The van der Waals surface area contributed by atoms with Crippen molar-refractivity contribution < 1.29 is 4.57 Å². The Labute approximate surface area is 67.1 Å². The molecule has 58 valence electrons. The molecule has 0 aromatic heterocycles. The zero-order valence-corrected chi connectivity index (χ0v) is 7.42. The zero-order chi connectivity index (χ0) is 8.32. The van der Waals surface area contributed by atoms with Crippen LogP contribution in [0.4, 0.5) is 0 Å². The van der Waals surface area contributed by atoms with Crippen LogP contribution in [-0.2, 0) is 4.57 Å². The molecule has 1 rings (SSSR count). The fraction of sp³-hybridized carbons (Fsp3) is 0.111. The second-order valence-corrected chi connectivity index (χ2v) is 5.37. The van der Waals surface area contributed by atoms with Crippen LogP contribution in [0.1, 0.15) is 0 Å². The summed E-state index contributed by atoms with van der Waals surface area (Å²) >= 11 is 0. The van der Waals surface area contributed by atoms with Gasteiger partial charge in [-0.15, -0.1) is 0 Å². The first-order valence-electron chi connectivity index (χ1n) is 3.43. The van der Waals surface area contributed by atoms with Crippen molar-refractivity contribution in [1.29, 1.82) is 0 Å². The molecule has 0 aliphatic rings. The Kier molecular flexibility index (Phi) is 2.31. The van der Waals surface area contributed by atoms with E-state index in [0.717, 1.165) is 5.30 Å². The van der Waals surface area contributed by atoms with Gasteiger partial charge in [-0.05, 0) is 12.5 Å². The monoisotopic (exact) mass is 166 g/mol. The number of hydrogen-bond acceptors (Lipinski definition) is 1. The van der Waals surface area contributed by atoms with Gasteiger partial charge in [0.2, 0.25) is 0 Å². The van der Waals surface area contributed by atoms with Crippen LogP contribution in [0.3, 0.4) is 0 Å². The maximum absolute atomic E-state index is 11.7. The van der Waals surface area contributed by atoms with Gasteiger partial charge in [0.25, 0.3) is 0 Å². The summed E-state index contributed by atoms with van der Waals surface area (Å²) in [7, 11) is -2.26. The van der Waals surface area contributed by atoms with Crippen molar-refractivity contribution in [2.75, 3.05) is 6.66 Å². The molecule has 11 heavy (non-hydrogen) atoms. The molecule has 2 heteroatoms. The quantitative estimate of drug-likeness (QED) is 0.617. The largest absolute Gasteiger partial charge is 0.315 e. The van der Waals surface area contributed by atoms with Crippen molar-refractivity contribution in [1.82, 2.24) is 0 Å². The van der Waals surface area contributed by atoms with Gasteiger partial charge < -0.3 is 4.57 Å². The van der Waals surface area contributed by atoms with Gasteiger partial charge in [-0.3, -0.25) is 0 Å². The Balaban J connectivity index is 3.13. The Hall–Kier alpha value is -0.810. The first kappa shape index (κ1) is 8.29. The van der Waals surface area contributed by atoms with Gasteiger partial charge in [0.1, 0.15) is 7.14 Å². The van der Waals surface area contributed by atoms with Crippen molar-refractivity contribution in [2.45, 2.75) is 0 Å². The Morgan fingerprint density at radius 2 is 1.91 bits per heavy atom. The summed E-state index contributed by atoms with van der Waals surface area (Å²) in [6.07, 6.45) is 0. The van der Waals surface area contributed by atoms with Crippen molar-refractivity contribution >= 4 is 12.4 Å². The molecular weight excluding hydrogens is 155 g/mol. The second kappa shape index (κ2) is 3.06. The Bertz CT molecular complexity index is 290. The van der Waals surface area contributed by atoms with E-state index in [1.54, 1.807) is 6.66 Å². The fourth-order valence-electron chi connectivity index (χ4n) is 0.829. The predicted octanol–water partition coefficient (Wildman–Crippen LogP) is 2.45. The lowest BCUT2D eigenvalue weighted by atomic mass is 10.4. The number of rotatable bonds is 2. The lowest BCUT2D eigenvalue weighted by Crippen LogP contribution is -1.99. The minimum absolute atomic E-state index is 0.870. The molecule has 0 aliphatic heterocycles. The van der Waals surface area contributed by atoms with Crippen molar-refractivity contribution in [2.24, 2.45) is 0 Å². The highest BCUT2D eigenvalue weighted by molar-refractivity contribution is 7.73. The molecule has 1 unspecified atom stereocenters. The summed E-state index contributed by atoms with van der Waals surface area (Å²) in [6.45, 7) is 5.26. The van der Waals surface area contributed by atoms with Gasteiger partial charge >= 0.3 is 0 Å². The maximum atomic E-state index is 11.7. The normalized spacial score (nSPS) is 15.4. The molecule has 0 N–H and O–H groups in total. The first-order chi connectivity index (χ1) is 5.17. The highest BCUT2D eigenvalue weighted by atomic mass is 31.2. The average molecular weight is 166 g/mol. The van der Waals surface area contributed by atoms with E-state index in [0.29, 0.717) is 0 Å². The van der Waals surface area contributed by atoms with E-state index in [1.807, 2.05) is 30.3 Å². The van der Waals surface area contributed by atoms with Crippen molar-refractivity contribution in [3.05, 3.63) is 42.7 Å². The van der Waals surface area contributed by atoms with Gasteiger partial charge in [-0.1, -0.05) is 36.9 Å². The van der Waals surface area contributed by atoms with Crippen LogP contribution in [0, 0.1) is 0 Å². The van der Waals surface area contributed by atoms with Crippen LogP contribution in [-0.4, -0.2) is 6.66 Å². The molecule has 1 atom stereocenters. The van der Waals surface area contributed by atoms with E-state index in [4.69, 9.17) is 0 Å². The van der Waals surface area contributed by atoms with E-state index >= 15 is 0 Å². The molecule has 0 aliphatic carbocycles. The molecule has 0 heterocycles. The zero-order valence-electron chi connectivity index (χ0n) is 6.53. The van der Waals surface area contributed by atoms with E-state index in [-0.39, 0.29) is 0 Å². The number of hydrogen-bond donors (Lipinski definition) is 0. The fourth-order valence-corrected chi connectivity index (χ4v) is 1.80. The average Bonchev–Trinajstić information content (AvgIpc) is 2.06. The van der Waals surface area contributed by atoms with Gasteiger partial charge in [0.05, 0.1) is 0 Å². The standard InChI is InChI=1S/C9H11OP/c1-3-11(2,10)9-7-5-4-6-8-9/h3-8H,1H2,2H3. The van der Waals surface area contributed by atoms with Crippen LogP contribution in [0.15, 0.2) is 42.7 Å². The van der Waals surface area contributed by atoms with E-state index in [9.17, 15) is 4.57 Å². The van der Waals surface area contributed by atoms with E-state index < -0.39 is 7.14 Å². The summed E-state index contributed by atoms with van der Waals surface area (Å²) in [4.78, 5) is 0. The Morgan fingerprint density at radius 3 is 2.36 bits per heavy atom. The summed E-state index contributed by atoms with van der Waals surface area (Å²) in [5.74, 6) is 1.53. The van der Waals surface area contributed by atoms with E-state index in [2.05, 4.69) is 6.58 Å². The molecule has 0 bridgehead atoms. The molecule has 0 spiro atoms. The van der Waals surface area contributed by atoms with E-state index in [1.165, 1.54) is 5.82 Å². The maximum Gasteiger partial charge on any atom is 0.132 e. The SMILES string of the molecule is C=CP(C)(=O)c1ccccc1. The topological polar surface area (TPSA) is 17.1 Å². The van der Waals surface area contributed by atoms with Gasteiger partial charge in [-0.25, -0.2) is 0 Å². The highest BCUT2D eigenvalue weighted by Gasteiger charge is 2.11. The van der Waals surface area contributed by atoms with Crippen LogP contribution in [0.2, 0.25) is 0 Å². The van der Waals surface area contributed by atoms with Gasteiger partial charge in [0, 0.05) is 5.30 Å².